The van der Waals surface area contributed by atoms with E-state index in [-0.39, 0.29) is 0 Å². The Hall–Kier alpha value is -1.81. The van der Waals surface area contributed by atoms with Crippen LogP contribution in [0.1, 0.15) is 12.0 Å². The van der Waals surface area contributed by atoms with Gasteiger partial charge in [-0.05, 0) is 36.9 Å². The molecular formula is C14H18N2O2. The fourth-order valence-electron chi connectivity index (χ4n) is 2.18. The Kier molecular flexibility index (Phi) is 3.99. The van der Waals surface area contributed by atoms with Gasteiger partial charge in [-0.15, -0.1) is 0 Å². The van der Waals surface area contributed by atoms with Gasteiger partial charge in [0.05, 0.1) is 14.2 Å². The average molecular weight is 246 g/mol. The summed E-state index contributed by atoms with van der Waals surface area (Å²) >= 11 is 0. The van der Waals surface area contributed by atoms with Crippen LogP contribution in [0.5, 0.6) is 11.5 Å². The van der Waals surface area contributed by atoms with Gasteiger partial charge in [0.25, 0.3) is 0 Å². The molecule has 0 radical (unpaired) electrons. The third kappa shape index (κ3) is 2.24. The molecular weight excluding hydrogens is 228 g/mol. The number of nitrogens with zero attached hydrogens (tertiary/aromatic N) is 1. The number of hydrogen-bond donors (Lipinski definition) is 1. The number of ether oxygens (including phenoxy) is 2. The van der Waals surface area contributed by atoms with Crippen molar-refractivity contribution < 1.29 is 9.47 Å². The zero-order valence-electron chi connectivity index (χ0n) is 10.8. The molecule has 1 heterocycles. The van der Waals surface area contributed by atoms with E-state index in [1.165, 1.54) is 0 Å². The number of rotatable bonds is 5. The van der Waals surface area contributed by atoms with Crippen LogP contribution in [0, 0.1) is 0 Å². The van der Waals surface area contributed by atoms with Crippen LogP contribution in [0.4, 0.5) is 0 Å². The van der Waals surface area contributed by atoms with E-state index in [1.54, 1.807) is 20.4 Å². The Morgan fingerprint density at radius 2 is 2.11 bits per heavy atom. The maximum atomic E-state index is 5.60. The van der Waals surface area contributed by atoms with Gasteiger partial charge in [0, 0.05) is 23.3 Å². The lowest BCUT2D eigenvalue weighted by Crippen LogP contribution is -2.03. The Bertz CT molecular complexity index is 541. The zero-order valence-corrected chi connectivity index (χ0v) is 10.8. The average Bonchev–Trinajstić information content (AvgIpc) is 2.43. The van der Waals surface area contributed by atoms with Gasteiger partial charge >= 0.3 is 0 Å². The predicted octanol–water partition coefficient (Wildman–Crippen LogP) is 2.14. The second-order valence-corrected chi connectivity index (χ2v) is 4.08. The molecule has 0 atom stereocenters. The van der Waals surface area contributed by atoms with E-state index in [9.17, 15) is 0 Å². The van der Waals surface area contributed by atoms with Crippen molar-refractivity contribution >= 4 is 10.8 Å². The molecule has 0 saturated heterocycles. The summed E-state index contributed by atoms with van der Waals surface area (Å²) in [6.45, 7) is 0.660. The second-order valence-electron chi connectivity index (χ2n) is 4.08. The summed E-state index contributed by atoms with van der Waals surface area (Å²) in [6, 6.07) is 3.95. The molecule has 2 N–H and O–H groups in total. The number of aromatic nitrogens is 1. The van der Waals surface area contributed by atoms with Gasteiger partial charge in [0.15, 0.2) is 11.5 Å². The fraction of sp³-hybridized carbons (Fsp3) is 0.357. The van der Waals surface area contributed by atoms with Crippen LogP contribution in [0.3, 0.4) is 0 Å². The molecule has 4 heteroatoms. The van der Waals surface area contributed by atoms with Gasteiger partial charge in [0.2, 0.25) is 0 Å². The Labute approximate surface area is 107 Å². The molecule has 0 aliphatic carbocycles. The highest BCUT2D eigenvalue weighted by Gasteiger charge is 2.14. The fourth-order valence-corrected chi connectivity index (χ4v) is 2.18. The third-order valence-corrected chi connectivity index (χ3v) is 3.02. The number of hydrogen-bond acceptors (Lipinski definition) is 4. The van der Waals surface area contributed by atoms with E-state index in [0.717, 1.165) is 40.7 Å². The van der Waals surface area contributed by atoms with Crippen molar-refractivity contribution in [2.24, 2.45) is 5.73 Å². The SMILES string of the molecule is COc1cc2cnccc2c(CCCN)c1OC. The van der Waals surface area contributed by atoms with E-state index in [2.05, 4.69) is 4.98 Å². The Morgan fingerprint density at radius 3 is 2.78 bits per heavy atom. The molecule has 0 bridgehead atoms. The van der Waals surface area contributed by atoms with E-state index < -0.39 is 0 Å². The quantitative estimate of drug-likeness (QED) is 0.878. The minimum absolute atomic E-state index is 0.660. The largest absolute Gasteiger partial charge is 0.493 e. The minimum Gasteiger partial charge on any atom is -0.493 e. The van der Waals surface area contributed by atoms with Gasteiger partial charge in [-0.1, -0.05) is 0 Å². The predicted molar refractivity (Wildman–Crippen MR) is 72.2 cm³/mol. The molecule has 0 amide bonds. The molecule has 1 aromatic heterocycles. The first-order valence-electron chi connectivity index (χ1n) is 5.99. The van der Waals surface area contributed by atoms with E-state index in [1.807, 2.05) is 18.3 Å². The van der Waals surface area contributed by atoms with Crippen molar-refractivity contribution in [3.05, 3.63) is 30.1 Å². The van der Waals surface area contributed by atoms with Crippen LogP contribution in [-0.2, 0) is 6.42 Å². The maximum absolute atomic E-state index is 5.60. The molecule has 0 spiro atoms. The highest BCUT2D eigenvalue weighted by atomic mass is 16.5. The molecule has 1 aromatic carbocycles. The van der Waals surface area contributed by atoms with E-state index in [4.69, 9.17) is 15.2 Å². The number of benzene rings is 1. The lowest BCUT2D eigenvalue weighted by atomic mass is 10.0. The summed E-state index contributed by atoms with van der Waals surface area (Å²) < 4.78 is 10.9. The lowest BCUT2D eigenvalue weighted by Gasteiger charge is -2.15. The van der Waals surface area contributed by atoms with Crippen molar-refractivity contribution in [3.63, 3.8) is 0 Å². The number of nitrogens with two attached hydrogens (primary N) is 1. The van der Waals surface area contributed by atoms with Crippen molar-refractivity contribution in [2.75, 3.05) is 20.8 Å². The van der Waals surface area contributed by atoms with Crippen LogP contribution in [0.15, 0.2) is 24.5 Å². The van der Waals surface area contributed by atoms with Gasteiger partial charge in [-0.2, -0.15) is 0 Å². The summed E-state index contributed by atoms with van der Waals surface area (Å²) in [5.74, 6) is 1.54. The summed E-state index contributed by atoms with van der Waals surface area (Å²) in [5, 5.41) is 2.21. The first-order valence-corrected chi connectivity index (χ1v) is 5.99. The summed E-state index contributed by atoms with van der Waals surface area (Å²) in [7, 11) is 3.31. The van der Waals surface area contributed by atoms with E-state index in [0.29, 0.717) is 6.54 Å². The molecule has 2 aromatic rings. The second kappa shape index (κ2) is 5.69. The summed E-state index contributed by atoms with van der Waals surface area (Å²) in [5.41, 5.74) is 6.74. The smallest absolute Gasteiger partial charge is 0.164 e. The lowest BCUT2D eigenvalue weighted by molar-refractivity contribution is 0.352. The van der Waals surface area contributed by atoms with Crippen molar-refractivity contribution in [3.8, 4) is 11.5 Å². The van der Waals surface area contributed by atoms with Crippen LogP contribution in [0.25, 0.3) is 10.8 Å². The monoisotopic (exact) mass is 246 g/mol. The standard InChI is InChI=1S/C14H18N2O2/c1-17-13-8-10-9-16-7-5-11(10)12(4-3-6-15)14(13)18-2/h5,7-9H,3-4,6,15H2,1-2H3. The first kappa shape index (κ1) is 12.6. The van der Waals surface area contributed by atoms with Gasteiger partial charge in [0.1, 0.15) is 0 Å². The molecule has 2 rings (SSSR count). The Balaban J connectivity index is 2.65. The minimum atomic E-state index is 0.660. The molecule has 0 unspecified atom stereocenters. The molecule has 0 saturated carbocycles. The molecule has 0 fully saturated rings. The summed E-state index contributed by atoms with van der Waals surface area (Å²) in [6.07, 6.45) is 5.42. The zero-order chi connectivity index (χ0) is 13.0. The summed E-state index contributed by atoms with van der Waals surface area (Å²) in [4.78, 5) is 4.14. The van der Waals surface area contributed by atoms with Crippen molar-refractivity contribution in [1.29, 1.82) is 0 Å². The van der Waals surface area contributed by atoms with Crippen LogP contribution < -0.4 is 15.2 Å². The number of fused-ring (bicyclic) bond motifs is 1. The molecule has 0 aliphatic heterocycles. The topological polar surface area (TPSA) is 57.4 Å². The number of aryl methyl sites for hydroxylation is 1. The van der Waals surface area contributed by atoms with Crippen LogP contribution >= 0.6 is 0 Å². The molecule has 4 nitrogen and oxygen atoms in total. The maximum Gasteiger partial charge on any atom is 0.164 e. The van der Waals surface area contributed by atoms with Crippen LogP contribution in [-0.4, -0.2) is 25.7 Å². The van der Waals surface area contributed by atoms with Gasteiger partial charge in [-0.25, -0.2) is 0 Å². The highest BCUT2D eigenvalue weighted by molar-refractivity contribution is 5.89. The van der Waals surface area contributed by atoms with Gasteiger partial charge < -0.3 is 15.2 Å². The van der Waals surface area contributed by atoms with Crippen LogP contribution in [0.2, 0.25) is 0 Å². The Morgan fingerprint density at radius 1 is 1.28 bits per heavy atom. The molecule has 96 valence electrons. The number of methoxy groups -OCH3 is 2. The van der Waals surface area contributed by atoms with Crippen molar-refractivity contribution in [2.45, 2.75) is 12.8 Å². The van der Waals surface area contributed by atoms with E-state index >= 15 is 0 Å². The van der Waals surface area contributed by atoms with Gasteiger partial charge in [-0.3, -0.25) is 4.98 Å². The highest BCUT2D eigenvalue weighted by Crippen LogP contribution is 2.37. The number of pyridine rings is 1. The third-order valence-electron chi connectivity index (χ3n) is 3.02. The first-order chi connectivity index (χ1) is 8.81. The normalized spacial score (nSPS) is 10.6. The van der Waals surface area contributed by atoms with Crippen molar-refractivity contribution in [1.82, 2.24) is 4.98 Å². The molecule has 18 heavy (non-hydrogen) atoms. The molecule has 0 aliphatic rings.